The molecule has 20 heavy (non-hydrogen) atoms. The van der Waals surface area contributed by atoms with E-state index in [1.807, 2.05) is 24.3 Å². The Morgan fingerprint density at radius 3 is 1.50 bits per heavy atom. The van der Waals surface area contributed by atoms with E-state index in [9.17, 15) is 0 Å². The van der Waals surface area contributed by atoms with E-state index >= 15 is 0 Å². The average molecular weight is 282 g/mol. The average Bonchev–Trinajstić information content (AvgIpc) is 2.48. The molecule has 0 bridgehead atoms. The van der Waals surface area contributed by atoms with E-state index in [-0.39, 0.29) is 0 Å². The van der Waals surface area contributed by atoms with E-state index in [2.05, 4.69) is 13.8 Å². The molecule has 0 spiro atoms. The monoisotopic (exact) mass is 282 g/mol. The Hall–Kier alpha value is -1.26. The second-order valence-electron chi connectivity index (χ2n) is 4.37. The van der Waals surface area contributed by atoms with Crippen molar-refractivity contribution < 1.29 is 18.9 Å². The van der Waals surface area contributed by atoms with Crippen LogP contribution >= 0.6 is 0 Å². The van der Waals surface area contributed by atoms with Crippen LogP contribution in [0.25, 0.3) is 0 Å². The lowest BCUT2D eigenvalue weighted by Crippen LogP contribution is -2.10. The van der Waals surface area contributed by atoms with Crippen LogP contribution in [0.1, 0.15) is 26.7 Å². The summed E-state index contributed by atoms with van der Waals surface area (Å²) in [6.45, 7) is 7.99. The first-order chi connectivity index (χ1) is 9.88. The van der Waals surface area contributed by atoms with Gasteiger partial charge >= 0.3 is 0 Å². The van der Waals surface area contributed by atoms with E-state index in [4.69, 9.17) is 18.9 Å². The van der Waals surface area contributed by atoms with Gasteiger partial charge in [0.15, 0.2) is 11.5 Å². The fourth-order valence-corrected chi connectivity index (χ4v) is 1.60. The lowest BCUT2D eigenvalue weighted by molar-refractivity contribution is 0.0915. The number of para-hydroxylation sites is 2. The van der Waals surface area contributed by atoms with Crippen molar-refractivity contribution in [1.82, 2.24) is 0 Å². The maximum Gasteiger partial charge on any atom is 0.161 e. The SMILES string of the molecule is CCCOCCOc1ccccc1OCCOCCC. The van der Waals surface area contributed by atoms with Gasteiger partial charge in [0.2, 0.25) is 0 Å². The first kappa shape index (κ1) is 16.8. The summed E-state index contributed by atoms with van der Waals surface area (Å²) in [4.78, 5) is 0. The van der Waals surface area contributed by atoms with Gasteiger partial charge in [-0.15, -0.1) is 0 Å². The summed E-state index contributed by atoms with van der Waals surface area (Å²) in [6, 6.07) is 7.68. The summed E-state index contributed by atoms with van der Waals surface area (Å²) < 4.78 is 22.1. The minimum atomic E-state index is 0.534. The maximum atomic E-state index is 5.67. The van der Waals surface area contributed by atoms with Crippen LogP contribution in [0.5, 0.6) is 11.5 Å². The molecule has 0 heterocycles. The third-order valence-electron chi connectivity index (χ3n) is 2.52. The normalized spacial score (nSPS) is 10.5. The summed E-state index contributed by atoms with van der Waals surface area (Å²) in [5, 5.41) is 0. The van der Waals surface area contributed by atoms with Crippen molar-refractivity contribution >= 4 is 0 Å². The molecule has 0 aromatic heterocycles. The quantitative estimate of drug-likeness (QED) is 0.551. The fourth-order valence-electron chi connectivity index (χ4n) is 1.60. The van der Waals surface area contributed by atoms with Gasteiger partial charge in [-0.3, -0.25) is 0 Å². The third kappa shape index (κ3) is 7.36. The van der Waals surface area contributed by atoms with Gasteiger partial charge in [0, 0.05) is 13.2 Å². The molecule has 0 radical (unpaired) electrons. The molecule has 0 atom stereocenters. The molecule has 0 aliphatic carbocycles. The highest BCUT2D eigenvalue weighted by atomic mass is 16.6. The molecule has 1 aromatic carbocycles. The molecule has 4 nitrogen and oxygen atoms in total. The zero-order valence-electron chi connectivity index (χ0n) is 12.6. The Balaban J connectivity index is 2.27. The smallest absolute Gasteiger partial charge is 0.161 e. The number of benzene rings is 1. The van der Waals surface area contributed by atoms with Crippen molar-refractivity contribution in [1.29, 1.82) is 0 Å². The highest BCUT2D eigenvalue weighted by Crippen LogP contribution is 2.26. The molecule has 0 aliphatic rings. The standard InChI is InChI=1S/C16H26O4/c1-3-9-17-11-13-19-15-7-5-6-8-16(15)20-14-12-18-10-4-2/h5-8H,3-4,9-14H2,1-2H3. The topological polar surface area (TPSA) is 36.9 Å². The van der Waals surface area contributed by atoms with Crippen LogP contribution in [0, 0.1) is 0 Å². The van der Waals surface area contributed by atoms with Crippen LogP contribution in [0.4, 0.5) is 0 Å². The van der Waals surface area contributed by atoms with Gasteiger partial charge in [-0.2, -0.15) is 0 Å². The first-order valence-corrected chi connectivity index (χ1v) is 7.38. The molecule has 0 aliphatic heterocycles. The molecule has 114 valence electrons. The molecular weight excluding hydrogens is 256 g/mol. The highest BCUT2D eigenvalue weighted by Gasteiger charge is 2.03. The van der Waals surface area contributed by atoms with Crippen LogP contribution in [0.2, 0.25) is 0 Å². The molecule has 0 fully saturated rings. The Morgan fingerprint density at radius 2 is 1.10 bits per heavy atom. The summed E-state index contributed by atoms with van der Waals surface area (Å²) in [5.41, 5.74) is 0. The molecular formula is C16H26O4. The molecule has 0 amide bonds. The Bertz CT molecular complexity index is 308. The van der Waals surface area contributed by atoms with E-state index in [0.29, 0.717) is 26.4 Å². The van der Waals surface area contributed by atoms with Gasteiger partial charge in [-0.1, -0.05) is 26.0 Å². The molecule has 0 unspecified atom stereocenters. The van der Waals surface area contributed by atoms with Crippen molar-refractivity contribution in [2.45, 2.75) is 26.7 Å². The predicted molar refractivity (Wildman–Crippen MR) is 79.7 cm³/mol. The van der Waals surface area contributed by atoms with Crippen LogP contribution in [-0.4, -0.2) is 39.6 Å². The molecule has 1 rings (SSSR count). The summed E-state index contributed by atoms with van der Waals surface area (Å²) >= 11 is 0. The number of hydrogen-bond donors (Lipinski definition) is 0. The summed E-state index contributed by atoms with van der Waals surface area (Å²) in [6.07, 6.45) is 2.05. The zero-order chi connectivity index (χ0) is 14.5. The predicted octanol–water partition coefficient (Wildman–Crippen LogP) is 3.30. The second-order valence-corrected chi connectivity index (χ2v) is 4.37. The number of rotatable bonds is 12. The molecule has 1 aromatic rings. The fraction of sp³-hybridized carbons (Fsp3) is 0.625. The van der Waals surface area contributed by atoms with Crippen LogP contribution in [0.3, 0.4) is 0 Å². The number of hydrogen-bond acceptors (Lipinski definition) is 4. The van der Waals surface area contributed by atoms with Gasteiger partial charge in [-0.05, 0) is 25.0 Å². The van der Waals surface area contributed by atoms with Crippen LogP contribution < -0.4 is 9.47 Å². The van der Waals surface area contributed by atoms with Crippen molar-refractivity contribution in [2.24, 2.45) is 0 Å². The second kappa shape index (κ2) is 11.6. The molecule has 0 N–H and O–H groups in total. The molecule has 0 saturated heterocycles. The first-order valence-electron chi connectivity index (χ1n) is 7.38. The molecule has 4 heteroatoms. The van der Waals surface area contributed by atoms with E-state index < -0.39 is 0 Å². The Morgan fingerprint density at radius 1 is 0.650 bits per heavy atom. The lowest BCUT2D eigenvalue weighted by Gasteiger charge is -2.12. The van der Waals surface area contributed by atoms with Gasteiger partial charge in [0.25, 0.3) is 0 Å². The van der Waals surface area contributed by atoms with E-state index in [1.54, 1.807) is 0 Å². The Kier molecular flexibility index (Phi) is 9.70. The van der Waals surface area contributed by atoms with Crippen molar-refractivity contribution in [2.75, 3.05) is 39.6 Å². The maximum absolute atomic E-state index is 5.67. The van der Waals surface area contributed by atoms with E-state index in [1.165, 1.54) is 0 Å². The van der Waals surface area contributed by atoms with Crippen molar-refractivity contribution in [3.05, 3.63) is 24.3 Å². The van der Waals surface area contributed by atoms with E-state index in [0.717, 1.165) is 37.6 Å². The summed E-state index contributed by atoms with van der Waals surface area (Å²) in [5.74, 6) is 1.51. The minimum absolute atomic E-state index is 0.534. The zero-order valence-corrected chi connectivity index (χ0v) is 12.6. The number of ether oxygens (including phenoxy) is 4. The van der Waals surface area contributed by atoms with Gasteiger partial charge in [-0.25, -0.2) is 0 Å². The van der Waals surface area contributed by atoms with Crippen LogP contribution in [0.15, 0.2) is 24.3 Å². The van der Waals surface area contributed by atoms with Gasteiger partial charge in [0.1, 0.15) is 13.2 Å². The Labute approximate surface area is 122 Å². The molecule has 0 saturated carbocycles. The summed E-state index contributed by atoms with van der Waals surface area (Å²) in [7, 11) is 0. The van der Waals surface area contributed by atoms with Crippen LogP contribution in [-0.2, 0) is 9.47 Å². The lowest BCUT2D eigenvalue weighted by atomic mass is 10.3. The van der Waals surface area contributed by atoms with Gasteiger partial charge < -0.3 is 18.9 Å². The third-order valence-corrected chi connectivity index (χ3v) is 2.52. The van der Waals surface area contributed by atoms with Crippen molar-refractivity contribution in [3.63, 3.8) is 0 Å². The minimum Gasteiger partial charge on any atom is -0.487 e. The van der Waals surface area contributed by atoms with Gasteiger partial charge in [0.05, 0.1) is 13.2 Å². The largest absolute Gasteiger partial charge is 0.487 e. The van der Waals surface area contributed by atoms with Crippen molar-refractivity contribution in [3.8, 4) is 11.5 Å². The highest BCUT2D eigenvalue weighted by molar-refractivity contribution is 5.39.